The van der Waals surface area contributed by atoms with Crippen molar-refractivity contribution in [1.29, 1.82) is 0 Å². The molecule has 0 unspecified atom stereocenters. The summed E-state index contributed by atoms with van der Waals surface area (Å²) in [4.78, 5) is 27.1. The lowest BCUT2D eigenvalue weighted by atomic mass is 10.2. The van der Waals surface area contributed by atoms with E-state index in [-0.39, 0.29) is 11.4 Å². The fourth-order valence-electron chi connectivity index (χ4n) is 1.77. The van der Waals surface area contributed by atoms with Crippen LogP contribution in [-0.4, -0.2) is 45.6 Å². The molecule has 8 heteroatoms. The van der Waals surface area contributed by atoms with E-state index < -0.39 is 30.6 Å². The Morgan fingerprint density at radius 1 is 1.30 bits per heavy atom. The molecule has 0 saturated heterocycles. The first-order chi connectivity index (χ1) is 9.28. The highest BCUT2D eigenvalue weighted by molar-refractivity contribution is 5.94. The van der Waals surface area contributed by atoms with Crippen LogP contribution in [-0.2, 0) is 0 Å². The number of pyridine rings is 1. The zero-order chi connectivity index (χ0) is 14.9. The van der Waals surface area contributed by atoms with Crippen LogP contribution in [0.15, 0.2) is 18.2 Å². The van der Waals surface area contributed by atoms with Crippen LogP contribution in [0.4, 0.5) is 13.2 Å². The third kappa shape index (κ3) is 3.46. The molecule has 0 aromatic carbocycles. The Balaban J connectivity index is 2.23. The summed E-state index contributed by atoms with van der Waals surface area (Å²) < 4.78 is 37.4. The van der Waals surface area contributed by atoms with Crippen LogP contribution in [0, 0.1) is 0 Å². The Hall–Kier alpha value is -2.12. The zero-order valence-electron chi connectivity index (χ0n) is 10.2. The van der Waals surface area contributed by atoms with E-state index in [0.29, 0.717) is 17.7 Å². The van der Waals surface area contributed by atoms with Gasteiger partial charge in [-0.3, -0.25) is 4.79 Å². The van der Waals surface area contributed by atoms with Crippen molar-refractivity contribution >= 4 is 11.9 Å². The predicted octanol–water partition coefficient (Wildman–Crippen LogP) is 1.95. The number of aromatic nitrogens is 1. The predicted molar refractivity (Wildman–Crippen MR) is 61.3 cm³/mol. The van der Waals surface area contributed by atoms with E-state index in [4.69, 9.17) is 5.11 Å². The van der Waals surface area contributed by atoms with E-state index in [2.05, 4.69) is 4.98 Å². The highest BCUT2D eigenvalue weighted by Crippen LogP contribution is 2.31. The van der Waals surface area contributed by atoms with Gasteiger partial charge in [0.05, 0.1) is 0 Å². The van der Waals surface area contributed by atoms with Crippen molar-refractivity contribution in [3.8, 4) is 0 Å². The van der Waals surface area contributed by atoms with Crippen LogP contribution in [0.25, 0.3) is 0 Å². The van der Waals surface area contributed by atoms with Crippen LogP contribution in [0.1, 0.15) is 33.8 Å². The highest BCUT2D eigenvalue weighted by atomic mass is 19.4. The Bertz CT molecular complexity index is 541. The highest BCUT2D eigenvalue weighted by Gasteiger charge is 2.41. The molecule has 0 aliphatic heterocycles. The summed E-state index contributed by atoms with van der Waals surface area (Å²) >= 11 is 0. The minimum atomic E-state index is -4.50. The molecule has 108 valence electrons. The molecule has 1 N–H and O–H groups in total. The first-order valence-corrected chi connectivity index (χ1v) is 5.86. The van der Waals surface area contributed by atoms with E-state index in [1.807, 2.05) is 0 Å². The van der Waals surface area contributed by atoms with Crippen LogP contribution >= 0.6 is 0 Å². The number of rotatable bonds is 4. The van der Waals surface area contributed by atoms with Crippen molar-refractivity contribution in [2.45, 2.75) is 25.1 Å². The minimum Gasteiger partial charge on any atom is -0.477 e. The summed E-state index contributed by atoms with van der Waals surface area (Å²) in [6.07, 6.45) is -3.47. The Morgan fingerprint density at radius 3 is 2.40 bits per heavy atom. The summed E-state index contributed by atoms with van der Waals surface area (Å²) in [5.41, 5.74) is -0.667. The van der Waals surface area contributed by atoms with Gasteiger partial charge in [-0.05, 0) is 25.0 Å². The van der Waals surface area contributed by atoms with Gasteiger partial charge in [0.2, 0.25) is 0 Å². The van der Waals surface area contributed by atoms with Gasteiger partial charge in [0.25, 0.3) is 5.91 Å². The maximum Gasteiger partial charge on any atom is 0.406 e. The van der Waals surface area contributed by atoms with Crippen molar-refractivity contribution < 1.29 is 27.9 Å². The summed E-state index contributed by atoms with van der Waals surface area (Å²) in [7, 11) is 0. The third-order valence-corrected chi connectivity index (χ3v) is 2.79. The number of amides is 1. The molecular weight excluding hydrogens is 277 g/mol. The van der Waals surface area contributed by atoms with Crippen molar-refractivity contribution in [2.24, 2.45) is 0 Å². The van der Waals surface area contributed by atoms with Gasteiger partial charge in [-0.15, -0.1) is 0 Å². The molecule has 0 bridgehead atoms. The molecule has 1 aliphatic rings. The summed E-state index contributed by atoms with van der Waals surface area (Å²) in [5, 5.41) is 8.77. The number of aromatic carboxylic acids is 1. The molecular formula is C12H11F3N2O3. The van der Waals surface area contributed by atoms with E-state index >= 15 is 0 Å². The summed E-state index contributed by atoms with van der Waals surface area (Å²) in [6.45, 7) is -1.35. The fourth-order valence-corrected chi connectivity index (χ4v) is 1.77. The van der Waals surface area contributed by atoms with Crippen molar-refractivity contribution in [3.05, 3.63) is 29.6 Å². The number of carboxylic acids is 1. The van der Waals surface area contributed by atoms with Gasteiger partial charge in [-0.2, -0.15) is 13.2 Å². The molecule has 2 rings (SSSR count). The largest absolute Gasteiger partial charge is 0.477 e. The normalized spacial score (nSPS) is 14.9. The Kier molecular flexibility index (Phi) is 3.65. The molecule has 0 spiro atoms. The van der Waals surface area contributed by atoms with Crippen LogP contribution < -0.4 is 0 Å². The lowest BCUT2D eigenvalue weighted by Gasteiger charge is -2.23. The number of halogens is 3. The van der Waals surface area contributed by atoms with E-state index in [0.717, 1.165) is 0 Å². The van der Waals surface area contributed by atoms with E-state index in [1.165, 1.54) is 18.2 Å². The van der Waals surface area contributed by atoms with Gasteiger partial charge in [0.1, 0.15) is 17.9 Å². The first-order valence-electron chi connectivity index (χ1n) is 5.86. The maximum absolute atomic E-state index is 12.5. The van der Waals surface area contributed by atoms with E-state index in [1.54, 1.807) is 0 Å². The van der Waals surface area contributed by atoms with Gasteiger partial charge in [-0.1, -0.05) is 6.07 Å². The molecule has 1 saturated carbocycles. The number of hydrogen-bond donors (Lipinski definition) is 1. The molecule has 1 amide bonds. The second kappa shape index (κ2) is 5.10. The number of alkyl halides is 3. The second-order valence-electron chi connectivity index (χ2n) is 4.49. The zero-order valence-corrected chi connectivity index (χ0v) is 10.2. The number of carboxylic acid groups (broad SMARTS) is 1. The molecule has 1 aromatic heterocycles. The van der Waals surface area contributed by atoms with Crippen LogP contribution in [0.3, 0.4) is 0 Å². The number of carbonyl (C=O) groups excluding carboxylic acids is 1. The number of hydrogen-bond acceptors (Lipinski definition) is 3. The monoisotopic (exact) mass is 288 g/mol. The molecule has 1 aliphatic carbocycles. The fraction of sp³-hybridized carbons (Fsp3) is 0.417. The molecule has 1 fully saturated rings. The molecule has 5 nitrogen and oxygen atoms in total. The first kappa shape index (κ1) is 14.3. The maximum atomic E-state index is 12.5. The summed E-state index contributed by atoms with van der Waals surface area (Å²) in [5.74, 6) is -2.23. The van der Waals surface area contributed by atoms with Crippen molar-refractivity contribution in [3.63, 3.8) is 0 Å². The molecule has 0 radical (unpaired) electrons. The average Bonchev–Trinajstić information content (AvgIpc) is 3.18. The van der Waals surface area contributed by atoms with Crippen LogP contribution in [0.2, 0.25) is 0 Å². The topological polar surface area (TPSA) is 70.5 Å². The lowest BCUT2D eigenvalue weighted by Crippen LogP contribution is -2.41. The van der Waals surface area contributed by atoms with Crippen LogP contribution in [0.5, 0.6) is 0 Å². The second-order valence-corrected chi connectivity index (χ2v) is 4.49. The smallest absolute Gasteiger partial charge is 0.406 e. The third-order valence-electron chi connectivity index (χ3n) is 2.79. The van der Waals surface area contributed by atoms with Crippen molar-refractivity contribution in [2.75, 3.05) is 6.54 Å². The molecule has 1 aromatic rings. The van der Waals surface area contributed by atoms with E-state index in [9.17, 15) is 22.8 Å². The van der Waals surface area contributed by atoms with Gasteiger partial charge in [-0.25, -0.2) is 9.78 Å². The van der Waals surface area contributed by atoms with Gasteiger partial charge < -0.3 is 10.0 Å². The average molecular weight is 288 g/mol. The van der Waals surface area contributed by atoms with Gasteiger partial charge in [0.15, 0.2) is 0 Å². The Labute approximate surface area is 112 Å². The standard InChI is InChI=1S/C12H11F3N2O3/c13-12(14,15)6-17(7-4-5-7)10(18)8-2-1-3-9(16-8)11(19)20/h1-3,7H,4-6H2,(H,19,20). The summed E-state index contributed by atoms with van der Waals surface area (Å²) in [6, 6.07) is 3.21. The van der Waals surface area contributed by atoms with Crippen molar-refractivity contribution in [1.82, 2.24) is 9.88 Å². The molecule has 0 atom stereocenters. The quantitative estimate of drug-likeness (QED) is 0.919. The Morgan fingerprint density at radius 2 is 1.90 bits per heavy atom. The molecule has 1 heterocycles. The molecule has 20 heavy (non-hydrogen) atoms. The minimum absolute atomic E-state index is 0.291. The van der Waals surface area contributed by atoms with Gasteiger partial charge >= 0.3 is 12.1 Å². The number of nitrogens with zero attached hydrogens (tertiary/aromatic N) is 2. The lowest BCUT2D eigenvalue weighted by molar-refractivity contribution is -0.141. The number of carbonyl (C=O) groups is 2. The SMILES string of the molecule is O=C(O)c1cccc(C(=O)N(CC(F)(F)F)C2CC2)n1. The van der Waals surface area contributed by atoms with Gasteiger partial charge in [0, 0.05) is 6.04 Å².